The second-order valence-electron chi connectivity index (χ2n) is 9.42. The zero-order valence-electron chi connectivity index (χ0n) is 23.7. The lowest BCUT2D eigenvalue weighted by Crippen LogP contribution is -2.40. The normalized spacial score (nSPS) is 15.0. The van der Waals surface area contributed by atoms with Crippen LogP contribution in [0.25, 0.3) is 17.0 Å². The topological polar surface area (TPSA) is 84.0 Å². The van der Waals surface area contributed by atoms with E-state index in [1.807, 2.05) is 68.6 Å². The lowest BCUT2D eigenvalue weighted by atomic mass is 9.95. The Bertz CT molecular complexity index is 1840. The molecule has 41 heavy (non-hydrogen) atoms. The summed E-state index contributed by atoms with van der Waals surface area (Å²) in [5.74, 6) is 0.633. The van der Waals surface area contributed by atoms with Crippen LogP contribution < -0.4 is 24.4 Å². The molecule has 3 heterocycles. The van der Waals surface area contributed by atoms with Crippen molar-refractivity contribution in [2.24, 2.45) is 4.99 Å². The maximum atomic E-state index is 14.1. The molecule has 2 aromatic heterocycles. The third kappa shape index (κ3) is 5.25. The molecule has 0 saturated heterocycles. The van der Waals surface area contributed by atoms with Crippen molar-refractivity contribution in [3.05, 3.63) is 103 Å². The zero-order valence-corrected chi connectivity index (χ0v) is 24.5. The molecule has 5 rings (SSSR count). The van der Waals surface area contributed by atoms with E-state index in [9.17, 15) is 9.59 Å². The number of hydrogen-bond donors (Lipinski definition) is 0. The molecular formula is C32H33N3O5S. The van der Waals surface area contributed by atoms with Crippen LogP contribution in [0.2, 0.25) is 0 Å². The van der Waals surface area contributed by atoms with Gasteiger partial charge in [-0.2, -0.15) is 0 Å². The summed E-state index contributed by atoms with van der Waals surface area (Å²) in [5.41, 5.74) is 3.27. The van der Waals surface area contributed by atoms with E-state index in [1.165, 1.54) is 11.3 Å². The summed E-state index contributed by atoms with van der Waals surface area (Å²) >= 11 is 1.30. The number of rotatable bonds is 10. The number of benzene rings is 2. The van der Waals surface area contributed by atoms with Crippen LogP contribution in [0.1, 0.15) is 44.9 Å². The van der Waals surface area contributed by atoms with Crippen molar-refractivity contribution in [2.45, 2.75) is 40.3 Å². The quantitative estimate of drug-likeness (QED) is 0.203. The molecule has 0 saturated carbocycles. The molecule has 0 bridgehead atoms. The van der Waals surface area contributed by atoms with Gasteiger partial charge in [-0.15, -0.1) is 6.58 Å². The Morgan fingerprint density at radius 2 is 1.83 bits per heavy atom. The van der Waals surface area contributed by atoms with Gasteiger partial charge >= 0.3 is 5.97 Å². The Kier molecular flexibility index (Phi) is 8.26. The van der Waals surface area contributed by atoms with Gasteiger partial charge in [-0.05, 0) is 57.5 Å². The number of esters is 1. The molecule has 1 atom stereocenters. The van der Waals surface area contributed by atoms with E-state index in [2.05, 4.69) is 17.2 Å². The zero-order chi connectivity index (χ0) is 29.1. The highest BCUT2D eigenvalue weighted by molar-refractivity contribution is 7.07. The first-order chi connectivity index (χ1) is 19.9. The van der Waals surface area contributed by atoms with E-state index in [-0.39, 0.29) is 12.2 Å². The second-order valence-corrected chi connectivity index (χ2v) is 10.4. The number of para-hydroxylation sites is 1. The summed E-state index contributed by atoms with van der Waals surface area (Å²) in [6.07, 6.45) is 5.77. The predicted molar refractivity (Wildman–Crippen MR) is 161 cm³/mol. The lowest BCUT2D eigenvalue weighted by molar-refractivity contribution is -0.139. The number of thiazole rings is 1. The SMILES string of the molecule is C=CCn1cc(C=c2sc3n(c2=O)[C@H](c2ccc(OCC)c(OCC)c2)C(C(=O)OCC)=C(C)N=3)c2ccccc21. The van der Waals surface area contributed by atoms with Crippen LogP contribution >= 0.6 is 11.3 Å². The van der Waals surface area contributed by atoms with Gasteiger partial charge in [-0.1, -0.05) is 41.7 Å². The maximum absolute atomic E-state index is 14.1. The second kappa shape index (κ2) is 12.0. The standard InChI is InChI=1S/C32H33N3O5S/c1-6-16-34-19-22(23-12-10-11-13-24(23)34)18-27-30(36)35-29(21-14-15-25(38-7-2)26(17-21)39-8-3)28(31(37)40-9-4)20(5)33-32(35)41-27/h6,10-15,17-19,29H,1,7-9,16H2,2-5H3/t29-/m1/s1. The molecule has 0 N–H and O–H groups in total. The number of carbonyl (C=O) groups excluding carboxylic acids is 1. The molecular weight excluding hydrogens is 538 g/mol. The monoisotopic (exact) mass is 571 g/mol. The molecule has 1 aliphatic heterocycles. The summed E-state index contributed by atoms with van der Waals surface area (Å²) < 4.78 is 21.3. The Balaban J connectivity index is 1.73. The van der Waals surface area contributed by atoms with E-state index in [4.69, 9.17) is 19.2 Å². The summed E-state index contributed by atoms with van der Waals surface area (Å²) in [6, 6.07) is 12.8. The van der Waals surface area contributed by atoms with Crippen molar-refractivity contribution in [1.29, 1.82) is 0 Å². The Morgan fingerprint density at radius 1 is 1.07 bits per heavy atom. The molecule has 2 aromatic carbocycles. The fourth-order valence-corrected chi connectivity index (χ4v) is 6.20. The van der Waals surface area contributed by atoms with Crippen LogP contribution in [0.4, 0.5) is 0 Å². The predicted octanol–water partition coefficient (Wildman–Crippen LogP) is 4.74. The van der Waals surface area contributed by atoms with Crippen molar-refractivity contribution >= 4 is 34.3 Å². The Morgan fingerprint density at radius 3 is 2.56 bits per heavy atom. The van der Waals surface area contributed by atoms with Gasteiger partial charge in [0.2, 0.25) is 0 Å². The van der Waals surface area contributed by atoms with Crippen LogP contribution in [0.15, 0.2) is 82.4 Å². The molecule has 1 aliphatic rings. The first-order valence-electron chi connectivity index (χ1n) is 13.7. The number of fused-ring (bicyclic) bond motifs is 2. The van der Waals surface area contributed by atoms with Crippen LogP contribution in [0, 0.1) is 0 Å². The van der Waals surface area contributed by atoms with Crippen molar-refractivity contribution in [3.8, 4) is 11.5 Å². The molecule has 9 heteroatoms. The number of carbonyl (C=O) groups is 1. The van der Waals surface area contributed by atoms with Crippen LogP contribution in [-0.4, -0.2) is 34.9 Å². The average Bonchev–Trinajstić information content (AvgIpc) is 3.46. The summed E-state index contributed by atoms with van der Waals surface area (Å²) in [5, 5.41) is 1.04. The smallest absolute Gasteiger partial charge is 0.338 e. The third-order valence-corrected chi connectivity index (χ3v) is 7.81. The number of aromatic nitrogens is 2. The van der Waals surface area contributed by atoms with Crippen molar-refractivity contribution in [3.63, 3.8) is 0 Å². The molecule has 8 nitrogen and oxygen atoms in total. The molecule has 0 unspecified atom stereocenters. The van der Waals surface area contributed by atoms with Gasteiger partial charge in [0.1, 0.15) is 0 Å². The highest BCUT2D eigenvalue weighted by Crippen LogP contribution is 2.36. The number of allylic oxidation sites excluding steroid dienone is 2. The number of hydrogen-bond acceptors (Lipinski definition) is 7. The van der Waals surface area contributed by atoms with E-state index < -0.39 is 12.0 Å². The fraction of sp³-hybridized carbons (Fsp3) is 0.281. The first kappa shape index (κ1) is 28.2. The molecule has 0 radical (unpaired) electrons. The summed E-state index contributed by atoms with van der Waals surface area (Å²) in [4.78, 5) is 32.6. The van der Waals surface area contributed by atoms with Gasteiger partial charge in [0.15, 0.2) is 16.3 Å². The number of nitrogens with zero attached hydrogens (tertiary/aromatic N) is 3. The lowest BCUT2D eigenvalue weighted by Gasteiger charge is -2.25. The first-order valence-corrected chi connectivity index (χ1v) is 14.5. The van der Waals surface area contributed by atoms with Gasteiger partial charge in [0, 0.05) is 29.2 Å². The van der Waals surface area contributed by atoms with E-state index >= 15 is 0 Å². The highest BCUT2D eigenvalue weighted by atomic mass is 32.1. The van der Waals surface area contributed by atoms with E-state index in [1.54, 1.807) is 18.4 Å². The minimum atomic E-state index is -0.746. The molecule has 4 aromatic rings. The molecule has 0 spiro atoms. The Labute approximate surface area is 242 Å². The average molecular weight is 572 g/mol. The molecule has 0 amide bonds. The molecule has 0 aliphatic carbocycles. The summed E-state index contributed by atoms with van der Waals surface area (Å²) in [7, 11) is 0. The van der Waals surface area contributed by atoms with Gasteiger partial charge in [0.25, 0.3) is 5.56 Å². The van der Waals surface area contributed by atoms with Gasteiger partial charge in [0.05, 0.1) is 41.7 Å². The van der Waals surface area contributed by atoms with Gasteiger partial charge in [-0.25, -0.2) is 9.79 Å². The molecule has 0 fully saturated rings. The van der Waals surface area contributed by atoms with Crippen LogP contribution in [-0.2, 0) is 16.1 Å². The maximum Gasteiger partial charge on any atom is 0.338 e. The van der Waals surface area contributed by atoms with Crippen molar-refractivity contribution < 1.29 is 19.0 Å². The van der Waals surface area contributed by atoms with Gasteiger partial charge < -0.3 is 18.8 Å². The summed E-state index contributed by atoms with van der Waals surface area (Å²) in [6.45, 7) is 13.0. The van der Waals surface area contributed by atoms with Crippen molar-refractivity contribution in [1.82, 2.24) is 9.13 Å². The fourth-order valence-electron chi connectivity index (χ4n) is 5.17. The van der Waals surface area contributed by atoms with Crippen LogP contribution in [0.3, 0.4) is 0 Å². The largest absolute Gasteiger partial charge is 0.490 e. The van der Waals surface area contributed by atoms with E-state index in [0.29, 0.717) is 57.4 Å². The number of ether oxygens (including phenoxy) is 3. The van der Waals surface area contributed by atoms with Gasteiger partial charge in [-0.3, -0.25) is 9.36 Å². The minimum Gasteiger partial charge on any atom is -0.490 e. The van der Waals surface area contributed by atoms with E-state index in [0.717, 1.165) is 16.5 Å². The van der Waals surface area contributed by atoms with Crippen LogP contribution in [0.5, 0.6) is 11.5 Å². The highest BCUT2D eigenvalue weighted by Gasteiger charge is 2.34. The molecule has 212 valence electrons. The Hall–Kier alpha value is -4.37. The third-order valence-electron chi connectivity index (χ3n) is 6.83. The minimum absolute atomic E-state index is 0.203. The van der Waals surface area contributed by atoms with Crippen molar-refractivity contribution in [2.75, 3.05) is 19.8 Å².